The van der Waals surface area contributed by atoms with Crippen LogP contribution >= 0.6 is 0 Å². The molecule has 0 radical (unpaired) electrons. The Morgan fingerprint density at radius 3 is 2.89 bits per heavy atom. The first-order chi connectivity index (χ1) is 8.49. The lowest BCUT2D eigenvalue weighted by atomic mass is 10.4. The molecule has 0 spiro atoms. The number of aryl methyl sites for hydroxylation is 1. The number of nitrogens with one attached hydrogen (secondary N) is 2. The van der Waals surface area contributed by atoms with Crippen molar-refractivity contribution in [2.45, 2.75) is 31.3 Å². The molecule has 2 aromatic heterocycles. The topological polar surface area (TPSA) is 92.7 Å². The largest absolute Gasteiger partial charge is 0.336 e. The summed E-state index contributed by atoms with van der Waals surface area (Å²) in [6.45, 7) is 3.99. The normalized spacial score (nSPS) is 13.7. The van der Waals surface area contributed by atoms with Gasteiger partial charge in [-0.05, 0) is 13.8 Å². The Labute approximate surface area is 105 Å². The van der Waals surface area contributed by atoms with Crippen LogP contribution < -0.4 is 4.72 Å². The molecule has 2 heterocycles. The number of rotatable bonds is 5. The zero-order valence-corrected chi connectivity index (χ0v) is 11.0. The summed E-state index contributed by atoms with van der Waals surface area (Å²) in [5, 5.41) is 6.32. The second-order valence-corrected chi connectivity index (χ2v) is 5.82. The summed E-state index contributed by atoms with van der Waals surface area (Å²) in [4.78, 5) is 4.09. The van der Waals surface area contributed by atoms with E-state index in [-0.39, 0.29) is 10.9 Å². The molecular formula is C10H15N5O2S. The number of H-pyrrole nitrogens is 1. The van der Waals surface area contributed by atoms with Crippen LogP contribution in [0.4, 0.5) is 0 Å². The third-order valence-electron chi connectivity index (χ3n) is 2.47. The van der Waals surface area contributed by atoms with E-state index >= 15 is 0 Å². The Morgan fingerprint density at radius 1 is 1.56 bits per heavy atom. The number of sulfonamides is 1. The lowest BCUT2D eigenvalue weighted by Gasteiger charge is -2.14. The number of hydrogen-bond donors (Lipinski definition) is 2. The Morgan fingerprint density at radius 2 is 2.33 bits per heavy atom. The average molecular weight is 269 g/mol. The van der Waals surface area contributed by atoms with E-state index in [2.05, 4.69) is 19.9 Å². The van der Waals surface area contributed by atoms with Gasteiger partial charge in [0.2, 0.25) is 10.0 Å². The molecule has 2 aromatic rings. The van der Waals surface area contributed by atoms with Crippen molar-refractivity contribution in [3.05, 3.63) is 30.6 Å². The zero-order valence-electron chi connectivity index (χ0n) is 10.2. The average Bonchev–Trinajstić information content (AvgIpc) is 2.88. The Hall–Kier alpha value is -1.67. The molecule has 8 heteroatoms. The summed E-state index contributed by atoms with van der Waals surface area (Å²) in [6.07, 6.45) is 6.39. The van der Waals surface area contributed by atoms with Crippen LogP contribution in [-0.4, -0.2) is 34.2 Å². The summed E-state index contributed by atoms with van der Waals surface area (Å²) >= 11 is 0. The van der Waals surface area contributed by atoms with E-state index in [1.807, 2.05) is 4.57 Å². The van der Waals surface area contributed by atoms with Gasteiger partial charge in [0.1, 0.15) is 4.90 Å². The summed E-state index contributed by atoms with van der Waals surface area (Å²) < 4.78 is 28.5. The predicted molar refractivity (Wildman–Crippen MR) is 65.3 cm³/mol. The number of nitrogens with zero attached hydrogens (tertiary/aromatic N) is 3. The van der Waals surface area contributed by atoms with E-state index < -0.39 is 10.0 Å². The van der Waals surface area contributed by atoms with E-state index in [0.29, 0.717) is 12.2 Å². The first-order valence-corrected chi connectivity index (χ1v) is 6.95. The minimum atomic E-state index is -3.53. The fourth-order valence-corrected chi connectivity index (χ4v) is 3.06. The maximum atomic E-state index is 12.1. The number of hydrogen-bond acceptors (Lipinski definition) is 4. The monoisotopic (exact) mass is 269 g/mol. The van der Waals surface area contributed by atoms with Crippen LogP contribution in [0.3, 0.4) is 0 Å². The van der Waals surface area contributed by atoms with Gasteiger partial charge in [-0.3, -0.25) is 5.10 Å². The minimum Gasteiger partial charge on any atom is -0.336 e. The van der Waals surface area contributed by atoms with E-state index in [1.54, 1.807) is 32.6 Å². The predicted octanol–water partition coefficient (Wildman–Crippen LogP) is 0.282. The number of aromatic amines is 1. The fourth-order valence-electron chi connectivity index (χ4n) is 1.69. The molecule has 0 saturated carbocycles. The standard InChI is InChI=1S/C10H15N5O2S/c1-8(6-15-4-3-11-7-15)14-18(16,17)10-5-12-13-9(10)2/h3-5,7-8,14H,6H2,1-2H3,(H,12,13). The highest BCUT2D eigenvalue weighted by Gasteiger charge is 2.20. The van der Waals surface area contributed by atoms with Crippen molar-refractivity contribution in [2.24, 2.45) is 0 Å². The highest BCUT2D eigenvalue weighted by Crippen LogP contribution is 2.11. The van der Waals surface area contributed by atoms with Gasteiger partial charge >= 0.3 is 0 Å². The van der Waals surface area contributed by atoms with Crippen LogP contribution in [0.2, 0.25) is 0 Å². The molecule has 0 aliphatic heterocycles. The van der Waals surface area contributed by atoms with Gasteiger partial charge in [-0.15, -0.1) is 0 Å². The minimum absolute atomic E-state index is 0.181. The van der Waals surface area contributed by atoms with E-state index in [0.717, 1.165) is 0 Å². The smallest absolute Gasteiger partial charge is 0.244 e. The number of aromatic nitrogens is 4. The molecule has 0 fully saturated rings. The van der Waals surface area contributed by atoms with Crippen molar-refractivity contribution in [2.75, 3.05) is 0 Å². The Balaban J connectivity index is 2.07. The van der Waals surface area contributed by atoms with Crippen LogP contribution in [0.15, 0.2) is 29.8 Å². The highest BCUT2D eigenvalue weighted by molar-refractivity contribution is 7.89. The molecule has 2 N–H and O–H groups in total. The van der Waals surface area contributed by atoms with Crippen LogP contribution in [0.1, 0.15) is 12.6 Å². The van der Waals surface area contributed by atoms with Crippen LogP contribution in [0.5, 0.6) is 0 Å². The maximum Gasteiger partial charge on any atom is 0.244 e. The maximum absolute atomic E-state index is 12.1. The van der Waals surface area contributed by atoms with E-state index in [9.17, 15) is 8.42 Å². The third-order valence-corrected chi connectivity index (χ3v) is 4.18. The quantitative estimate of drug-likeness (QED) is 0.815. The van der Waals surface area contributed by atoms with Gasteiger partial charge in [-0.1, -0.05) is 0 Å². The molecule has 7 nitrogen and oxygen atoms in total. The molecule has 0 aliphatic carbocycles. The molecule has 0 aromatic carbocycles. The highest BCUT2D eigenvalue weighted by atomic mass is 32.2. The van der Waals surface area contributed by atoms with Gasteiger partial charge in [0.05, 0.1) is 18.2 Å². The summed E-state index contributed by atoms with van der Waals surface area (Å²) in [7, 11) is -3.53. The molecular weight excluding hydrogens is 254 g/mol. The molecule has 0 amide bonds. The van der Waals surface area contributed by atoms with Crippen LogP contribution in [-0.2, 0) is 16.6 Å². The van der Waals surface area contributed by atoms with Gasteiger partial charge in [-0.25, -0.2) is 18.1 Å². The molecule has 2 rings (SSSR count). The van der Waals surface area contributed by atoms with E-state index in [4.69, 9.17) is 0 Å². The SMILES string of the molecule is Cc1[nH]ncc1S(=O)(=O)NC(C)Cn1ccnc1. The van der Waals surface area contributed by atoms with Crippen molar-refractivity contribution >= 4 is 10.0 Å². The van der Waals surface area contributed by atoms with Crippen molar-refractivity contribution in [3.63, 3.8) is 0 Å². The molecule has 0 aliphatic rings. The molecule has 0 saturated heterocycles. The summed E-state index contributed by atoms with van der Waals surface area (Å²) in [5.74, 6) is 0. The lowest BCUT2D eigenvalue weighted by molar-refractivity contribution is 0.520. The number of imidazole rings is 1. The Kier molecular flexibility index (Phi) is 3.48. The van der Waals surface area contributed by atoms with Gasteiger partial charge in [-0.2, -0.15) is 5.10 Å². The molecule has 0 bridgehead atoms. The molecule has 98 valence electrons. The lowest BCUT2D eigenvalue weighted by Crippen LogP contribution is -2.35. The van der Waals surface area contributed by atoms with Crippen LogP contribution in [0.25, 0.3) is 0 Å². The van der Waals surface area contributed by atoms with Crippen molar-refractivity contribution in [1.82, 2.24) is 24.5 Å². The summed E-state index contributed by atoms with van der Waals surface area (Å²) in [6, 6.07) is -0.238. The first-order valence-electron chi connectivity index (χ1n) is 5.47. The van der Waals surface area contributed by atoms with Gasteiger partial charge in [0, 0.05) is 25.0 Å². The van der Waals surface area contributed by atoms with Crippen molar-refractivity contribution < 1.29 is 8.42 Å². The second-order valence-electron chi connectivity index (χ2n) is 4.14. The van der Waals surface area contributed by atoms with Crippen molar-refractivity contribution in [3.8, 4) is 0 Å². The summed E-state index contributed by atoms with van der Waals surface area (Å²) in [5.41, 5.74) is 0.525. The molecule has 1 atom stereocenters. The second kappa shape index (κ2) is 4.91. The van der Waals surface area contributed by atoms with Gasteiger partial charge in [0.15, 0.2) is 0 Å². The molecule has 18 heavy (non-hydrogen) atoms. The van der Waals surface area contributed by atoms with Crippen molar-refractivity contribution in [1.29, 1.82) is 0 Å². The molecule has 1 unspecified atom stereocenters. The fraction of sp³-hybridized carbons (Fsp3) is 0.400. The van der Waals surface area contributed by atoms with E-state index in [1.165, 1.54) is 6.20 Å². The first kappa shape index (κ1) is 12.8. The van der Waals surface area contributed by atoms with Gasteiger partial charge < -0.3 is 4.57 Å². The zero-order chi connectivity index (χ0) is 13.2. The van der Waals surface area contributed by atoms with Gasteiger partial charge in [0.25, 0.3) is 0 Å². The Bertz CT molecular complexity index is 602. The van der Waals surface area contributed by atoms with Crippen LogP contribution in [0, 0.1) is 6.92 Å². The third kappa shape index (κ3) is 2.77.